The van der Waals surface area contributed by atoms with Crippen molar-refractivity contribution in [3.63, 3.8) is 0 Å². The number of aliphatic hydroxyl groups excluding tert-OH is 1. The number of carbonyl (C=O) groups excluding carboxylic acids is 1. The van der Waals surface area contributed by atoms with Crippen molar-refractivity contribution in [2.75, 3.05) is 7.11 Å². The summed E-state index contributed by atoms with van der Waals surface area (Å²) in [6.07, 6.45) is 2.70. The smallest absolute Gasteiger partial charge is 0.270 e. The van der Waals surface area contributed by atoms with Crippen molar-refractivity contribution in [1.29, 1.82) is 0 Å². The third-order valence-electron chi connectivity index (χ3n) is 4.43. The van der Waals surface area contributed by atoms with Crippen LogP contribution in [0.25, 0.3) is 0 Å². The average Bonchev–Trinajstić information content (AvgIpc) is 2.56. The van der Waals surface area contributed by atoms with Crippen LogP contribution in [0.4, 0.5) is 0 Å². The van der Waals surface area contributed by atoms with E-state index in [4.69, 9.17) is 4.74 Å². The van der Waals surface area contributed by atoms with Crippen molar-refractivity contribution in [3.8, 4) is 5.88 Å². The molecule has 7 nitrogen and oxygen atoms in total. The van der Waals surface area contributed by atoms with E-state index in [0.29, 0.717) is 30.2 Å². The summed E-state index contributed by atoms with van der Waals surface area (Å²) >= 11 is 0. The Hall–Kier alpha value is -2.54. The van der Waals surface area contributed by atoms with Gasteiger partial charge in [0.25, 0.3) is 5.91 Å². The van der Waals surface area contributed by atoms with Gasteiger partial charge >= 0.3 is 0 Å². The minimum atomic E-state index is -0.306. The topological polar surface area (TPSA) is 97.2 Å². The van der Waals surface area contributed by atoms with E-state index in [1.165, 1.54) is 0 Å². The highest BCUT2D eigenvalue weighted by Gasteiger charge is 2.36. The Morgan fingerprint density at radius 1 is 1.32 bits per heavy atom. The molecule has 1 aliphatic rings. The molecule has 132 valence electrons. The van der Waals surface area contributed by atoms with Gasteiger partial charge in [0.05, 0.1) is 19.3 Å². The number of amides is 1. The van der Waals surface area contributed by atoms with Gasteiger partial charge in [-0.3, -0.25) is 4.79 Å². The second kappa shape index (κ2) is 7.14. The maximum Gasteiger partial charge on any atom is 0.270 e. The van der Waals surface area contributed by atoms with E-state index in [9.17, 15) is 9.90 Å². The molecule has 0 spiro atoms. The average molecular weight is 342 g/mol. The monoisotopic (exact) mass is 342 g/mol. The van der Waals surface area contributed by atoms with Gasteiger partial charge in [0.15, 0.2) is 0 Å². The minimum Gasteiger partial charge on any atom is -0.481 e. The van der Waals surface area contributed by atoms with Crippen LogP contribution >= 0.6 is 0 Å². The first-order valence-corrected chi connectivity index (χ1v) is 8.27. The molecule has 1 atom stereocenters. The van der Waals surface area contributed by atoms with Gasteiger partial charge in [-0.1, -0.05) is 6.07 Å². The summed E-state index contributed by atoms with van der Waals surface area (Å²) < 4.78 is 5.09. The van der Waals surface area contributed by atoms with E-state index in [0.717, 1.165) is 11.3 Å². The maximum atomic E-state index is 12.7. The molecule has 1 saturated carbocycles. The van der Waals surface area contributed by atoms with E-state index < -0.39 is 0 Å². The molecule has 0 aliphatic heterocycles. The highest BCUT2D eigenvalue weighted by atomic mass is 16.5. The van der Waals surface area contributed by atoms with Crippen LogP contribution in [-0.4, -0.2) is 39.2 Å². The number of hydrogen-bond donors (Lipinski definition) is 2. The second-order valence-electron chi connectivity index (χ2n) is 6.41. The quantitative estimate of drug-likeness (QED) is 0.859. The number of hydrogen-bond acceptors (Lipinski definition) is 6. The molecule has 2 heterocycles. The number of pyridine rings is 1. The Kier molecular flexibility index (Phi) is 4.94. The largest absolute Gasteiger partial charge is 0.481 e. The molecule has 0 aromatic carbocycles. The summed E-state index contributed by atoms with van der Waals surface area (Å²) in [6, 6.07) is 5.09. The molecule has 0 radical (unpaired) electrons. The molecule has 3 rings (SSSR count). The van der Waals surface area contributed by atoms with Gasteiger partial charge in [0.2, 0.25) is 5.88 Å². The number of nitrogens with one attached hydrogen (secondary N) is 1. The molecule has 1 aliphatic carbocycles. The van der Waals surface area contributed by atoms with Crippen LogP contribution in [0.5, 0.6) is 5.88 Å². The fraction of sp³-hybridized carbons (Fsp3) is 0.444. The van der Waals surface area contributed by atoms with Crippen LogP contribution in [0, 0.1) is 19.8 Å². The number of carbonyl (C=O) groups is 1. The number of aliphatic hydroxyl groups is 1. The molecular formula is C18H22N4O3. The molecule has 0 saturated heterocycles. The third-order valence-corrected chi connectivity index (χ3v) is 4.43. The van der Waals surface area contributed by atoms with Gasteiger partial charge < -0.3 is 15.2 Å². The molecule has 1 fully saturated rings. The lowest BCUT2D eigenvalue weighted by Gasteiger charge is -2.38. The molecular weight excluding hydrogens is 320 g/mol. The van der Waals surface area contributed by atoms with Crippen LogP contribution in [0.3, 0.4) is 0 Å². The van der Waals surface area contributed by atoms with Crippen LogP contribution < -0.4 is 10.1 Å². The summed E-state index contributed by atoms with van der Waals surface area (Å²) in [4.78, 5) is 25.3. The van der Waals surface area contributed by atoms with E-state index in [-0.39, 0.29) is 24.0 Å². The summed E-state index contributed by atoms with van der Waals surface area (Å²) in [6.45, 7) is 3.59. The zero-order valence-corrected chi connectivity index (χ0v) is 14.6. The highest BCUT2D eigenvalue weighted by Crippen LogP contribution is 2.38. The Morgan fingerprint density at radius 2 is 2.08 bits per heavy atom. The fourth-order valence-electron chi connectivity index (χ4n) is 3.12. The molecule has 2 aromatic heterocycles. The van der Waals surface area contributed by atoms with Crippen molar-refractivity contribution in [3.05, 3.63) is 47.2 Å². The summed E-state index contributed by atoms with van der Waals surface area (Å²) in [5.41, 5.74) is 1.98. The summed E-state index contributed by atoms with van der Waals surface area (Å²) in [5.74, 6) is 0.991. The molecule has 2 aromatic rings. The molecule has 1 amide bonds. The van der Waals surface area contributed by atoms with Crippen molar-refractivity contribution < 1.29 is 14.6 Å². The van der Waals surface area contributed by atoms with Gasteiger partial charge in [-0.2, -0.15) is 0 Å². The van der Waals surface area contributed by atoms with Gasteiger partial charge in [0.1, 0.15) is 11.5 Å². The predicted molar refractivity (Wildman–Crippen MR) is 91.2 cm³/mol. The van der Waals surface area contributed by atoms with Crippen molar-refractivity contribution in [2.45, 2.75) is 38.8 Å². The Morgan fingerprint density at radius 3 is 2.64 bits per heavy atom. The number of methoxy groups -OCH3 is 1. The first kappa shape index (κ1) is 17.3. The zero-order valence-electron chi connectivity index (χ0n) is 14.6. The summed E-state index contributed by atoms with van der Waals surface area (Å²) in [5, 5.41) is 12.7. The predicted octanol–water partition coefficient (Wildman–Crippen LogP) is 1.74. The number of aryl methyl sites for hydroxylation is 2. The lowest BCUT2D eigenvalue weighted by Crippen LogP contribution is -2.41. The Bertz CT molecular complexity index is 737. The third kappa shape index (κ3) is 3.93. The number of nitrogens with zero attached hydrogens (tertiary/aromatic N) is 3. The normalized spacial score (nSPS) is 20.5. The lowest BCUT2D eigenvalue weighted by molar-refractivity contribution is 0.0234. The fourth-order valence-corrected chi connectivity index (χ4v) is 3.12. The van der Waals surface area contributed by atoms with Gasteiger partial charge in [-0.05, 0) is 44.2 Å². The van der Waals surface area contributed by atoms with Crippen LogP contribution in [0.1, 0.15) is 46.5 Å². The minimum absolute atomic E-state index is 0.165. The number of rotatable bonds is 5. The van der Waals surface area contributed by atoms with Crippen molar-refractivity contribution in [2.24, 2.45) is 5.92 Å². The Labute approximate surface area is 146 Å². The van der Waals surface area contributed by atoms with E-state index in [2.05, 4.69) is 20.3 Å². The first-order valence-electron chi connectivity index (χ1n) is 8.27. The first-order chi connectivity index (χ1) is 12.0. The zero-order chi connectivity index (χ0) is 18.0. The second-order valence-corrected chi connectivity index (χ2v) is 6.41. The summed E-state index contributed by atoms with van der Waals surface area (Å²) in [7, 11) is 1.56. The molecule has 25 heavy (non-hydrogen) atoms. The van der Waals surface area contributed by atoms with E-state index >= 15 is 0 Å². The van der Waals surface area contributed by atoms with Gasteiger partial charge in [-0.15, -0.1) is 0 Å². The Balaban J connectivity index is 1.82. The highest BCUT2D eigenvalue weighted by molar-refractivity contribution is 5.92. The van der Waals surface area contributed by atoms with Crippen molar-refractivity contribution in [1.82, 2.24) is 20.3 Å². The SMILES string of the molecule is COc1ccc(C(NC(=O)c2cc(C)nc(C)n2)C2CC(O)C2)cn1. The van der Waals surface area contributed by atoms with Crippen LogP contribution in [-0.2, 0) is 0 Å². The molecule has 7 heteroatoms. The van der Waals surface area contributed by atoms with E-state index in [1.807, 2.05) is 13.0 Å². The van der Waals surface area contributed by atoms with Gasteiger partial charge in [-0.25, -0.2) is 15.0 Å². The molecule has 0 bridgehead atoms. The van der Waals surface area contributed by atoms with Gasteiger partial charge in [0, 0.05) is 18.0 Å². The molecule has 2 N–H and O–H groups in total. The van der Waals surface area contributed by atoms with Crippen LogP contribution in [0.2, 0.25) is 0 Å². The lowest BCUT2D eigenvalue weighted by atomic mass is 9.75. The number of ether oxygens (including phenoxy) is 1. The van der Waals surface area contributed by atoms with Crippen LogP contribution in [0.15, 0.2) is 24.4 Å². The van der Waals surface area contributed by atoms with E-state index in [1.54, 1.807) is 32.4 Å². The maximum absolute atomic E-state index is 12.7. The van der Waals surface area contributed by atoms with Crippen molar-refractivity contribution >= 4 is 5.91 Å². The standard InChI is InChI=1S/C18H22N4O3/c1-10-6-15(21-11(2)20-10)18(24)22-17(13-7-14(23)8-13)12-4-5-16(25-3)19-9-12/h4-6,9,13-14,17,23H,7-8H2,1-3H3,(H,22,24). The molecule has 1 unspecified atom stereocenters. The number of aromatic nitrogens is 3.